The first kappa shape index (κ1) is 15.6. The lowest BCUT2D eigenvalue weighted by Crippen LogP contribution is -2.23. The van der Waals surface area contributed by atoms with Gasteiger partial charge in [-0.25, -0.2) is 4.79 Å². The van der Waals surface area contributed by atoms with Crippen molar-refractivity contribution in [1.82, 2.24) is 0 Å². The maximum absolute atomic E-state index is 11.7. The summed E-state index contributed by atoms with van der Waals surface area (Å²) in [5.41, 5.74) is 8.54. The lowest BCUT2D eigenvalue weighted by atomic mass is 9.87. The van der Waals surface area contributed by atoms with Gasteiger partial charge in [-0.05, 0) is 56.2 Å². The van der Waals surface area contributed by atoms with Crippen LogP contribution in [0.25, 0.3) is 0 Å². The number of nitrogen functional groups attached to an aromatic ring is 1. The maximum Gasteiger partial charge on any atom is 0.340 e. The molecular formula is C16H24N2O3. The Bertz CT molecular complexity index is 508. The van der Waals surface area contributed by atoms with Crippen LogP contribution < -0.4 is 11.1 Å². The number of methoxy groups -OCH3 is 1. The summed E-state index contributed by atoms with van der Waals surface area (Å²) < 4.78 is 4.76. The second-order valence-corrected chi connectivity index (χ2v) is 5.80. The third kappa shape index (κ3) is 3.88. The molecule has 1 fully saturated rings. The van der Waals surface area contributed by atoms with E-state index in [9.17, 15) is 9.90 Å². The van der Waals surface area contributed by atoms with Gasteiger partial charge in [0.05, 0.1) is 18.8 Å². The summed E-state index contributed by atoms with van der Waals surface area (Å²) in [6.45, 7) is 2.72. The van der Waals surface area contributed by atoms with E-state index in [1.54, 1.807) is 6.07 Å². The fraction of sp³-hybridized carbons (Fsp3) is 0.562. The van der Waals surface area contributed by atoms with Crippen molar-refractivity contribution in [2.24, 2.45) is 5.92 Å². The number of nitrogens with one attached hydrogen (secondary N) is 1. The quantitative estimate of drug-likeness (QED) is 0.586. The standard InChI is InChI=1S/C16H24N2O3/c1-10-7-12(8-14(15(10)17)16(20)21-2)18-9-11-3-5-13(19)6-4-11/h7-8,11,13,18-19H,3-6,9,17H2,1-2H3. The Morgan fingerprint density at radius 3 is 2.67 bits per heavy atom. The first-order valence-electron chi connectivity index (χ1n) is 7.41. The Balaban J connectivity index is 2.03. The predicted molar refractivity (Wildman–Crippen MR) is 83.4 cm³/mol. The van der Waals surface area contributed by atoms with Crippen molar-refractivity contribution in [2.75, 3.05) is 24.7 Å². The summed E-state index contributed by atoms with van der Waals surface area (Å²) >= 11 is 0. The summed E-state index contributed by atoms with van der Waals surface area (Å²) in [5, 5.41) is 12.9. The zero-order valence-corrected chi connectivity index (χ0v) is 12.7. The van der Waals surface area contributed by atoms with Crippen molar-refractivity contribution in [3.8, 4) is 0 Å². The highest BCUT2D eigenvalue weighted by Crippen LogP contribution is 2.27. The lowest BCUT2D eigenvalue weighted by molar-refractivity contribution is 0.0602. The van der Waals surface area contributed by atoms with E-state index >= 15 is 0 Å². The summed E-state index contributed by atoms with van der Waals surface area (Å²) in [6, 6.07) is 3.69. The molecule has 1 aliphatic rings. The number of hydrogen-bond donors (Lipinski definition) is 3. The van der Waals surface area contributed by atoms with Crippen LogP contribution in [-0.4, -0.2) is 30.8 Å². The summed E-state index contributed by atoms with van der Waals surface area (Å²) in [5.74, 6) is 0.146. The number of rotatable bonds is 4. The largest absolute Gasteiger partial charge is 0.465 e. The molecule has 21 heavy (non-hydrogen) atoms. The van der Waals surface area contributed by atoms with Crippen molar-refractivity contribution in [2.45, 2.75) is 38.7 Å². The number of anilines is 2. The third-order valence-electron chi connectivity index (χ3n) is 4.20. The Labute approximate surface area is 125 Å². The van der Waals surface area contributed by atoms with Crippen LogP contribution in [0.5, 0.6) is 0 Å². The van der Waals surface area contributed by atoms with Gasteiger partial charge in [-0.1, -0.05) is 0 Å². The molecule has 116 valence electrons. The molecule has 4 N–H and O–H groups in total. The van der Waals surface area contributed by atoms with Crippen LogP contribution in [0.4, 0.5) is 11.4 Å². The van der Waals surface area contributed by atoms with Crippen LogP contribution in [0.15, 0.2) is 12.1 Å². The van der Waals surface area contributed by atoms with Crippen molar-refractivity contribution in [3.05, 3.63) is 23.3 Å². The number of hydrogen-bond acceptors (Lipinski definition) is 5. The molecule has 0 heterocycles. The molecule has 0 aliphatic heterocycles. The van der Waals surface area contributed by atoms with Crippen LogP contribution in [0.2, 0.25) is 0 Å². The molecule has 5 nitrogen and oxygen atoms in total. The number of carbonyl (C=O) groups excluding carboxylic acids is 1. The maximum atomic E-state index is 11.7. The van der Waals surface area contributed by atoms with E-state index in [-0.39, 0.29) is 6.10 Å². The van der Waals surface area contributed by atoms with Crippen LogP contribution >= 0.6 is 0 Å². The minimum absolute atomic E-state index is 0.133. The van der Waals surface area contributed by atoms with Gasteiger partial charge < -0.3 is 20.9 Å². The molecule has 0 atom stereocenters. The Kier molecular flexibility index (Phi) is 5.07. The Morgan fingerprint density at radius 2 is 2.05 bits per heavy atom. The molecule has 5 heteroatoms. The van der Waals surface area contributed by atoms with E-state index in [0.29, 0.717) is 17.2 Å². The Morgan fingerprint density at radius 1 is 1.38 bits per heavy atom. The fourth-order valence-corrected chi connectivity index (χ4v) is 2.79. The van der Waals surface area contributed by atoms with Gasteiger partial charge in [0.1, 0.15) is 0 Å². The van der Waals surface area contributed by atoms with Gasteiger partial charge in [-0.2, -0.15) is 0 Å². The summed E-state index contributed by atoms with van der Waals surface area (Å²) in [7, 11) is 1.35. The van der Waals surface area contributed by atoms with Crippen LogP contribution in [0.3, 0.4) is 0 Å². The van der Waals surface area contributed by atoms with Crippen molar-refractivity contribution in [3.63, 3.8) is 0 Å². The van der Waals surface area contributed by atoms with Crippen LogP contribution in [-0.2, 0) is 4.74 Å². The normalized spacial score (nSPS) is 21.9. The first-order valence-corrected chi connectivity index (χ1v) is 7.41. The average Bonchev–Trinajstić information content (AvgIpc) is 2.49. The fourth-order valence-electron chi connectivity index (χ4n) is 2.79. The van der Waals surface area contributed by atoms with Gasteiger partial charge in [0.15, 0.2) is 0 Å². The highest BCUT2D eigenvalue weighted by atomic mass is 16.5. The van der Waals surface area contributed by atoms with Gasteiger partial charge in [-0.15, -0.1) is 0 Å². The summed E-state index contributed by atoms with van der Waals surface area (Å²) in [6.07, 6.45) is 3.69. The highest BCUT2D eigenvalue weighted by molar-refractivity contribution is 5.97. The molecule has 1 saturated carbocycles. The number of esters is 1. The number of benzene rings is 1. The smallest absolute Gasteiger partial charge is 0.340 e. The van der Waals surface area contributed by atoms with Crippen molar-refractivity contribution in [1.29, 1.82) is 0 Å². The van der Waals surface area contributed by atoms with Gasteiger partial charge >= 0.3 is 5.97 Å². The second-order valence-electron chi connectivity index (χ2n) is 5.80. The molecule has 0 unspecified atom stereocenters. The van der Waals surface area contributed by atoms with Crippen LogP contribution in [0.1, 0.15) is 41.6 Å². The number of nitrogens with two attached hydrogens (primary N) is 1. The molecule has 0 saturated heterocycles. The van der Waals surface area contributed by atoms with Crippen LogP contribution in [0, 0.1) is 12.8 Å². The molecular weight excluding hydrogens is 268 g/mol. The first-order chi connectivity index (χ1) is 10.0. The zero-order valence-electron chi connectivity index (χ0n) is 12.7. The molecule has 2 rings (SSSR count). The third-order valence-corrected chi connectivity index (χ3v) is 4.20. The van der Waals surface area contributed by atoms with Gasteiger partial charge in [0.25, 0.3) is 0 Å². The molecule has 0 bridgehead atoms. The number of aliphatic hydroxyl groups is 1. The SMILES string of the molecule is COC(=O)c1cc(NCC2CCC(O)CC2)cc(C)c1N. The predicted octanol–water partition coefficient (Wildman–Crippen LogP) is 2.33. The summed E-state index contributed by atoms with van der Waals surface area (Å²) in [4.78, 5) is 11.7. The molecule has 0 radical (unpaired) electrons. The number of carbonyl (C=O) groups is 1. The monoisotopic (exact) mass is 292 g/mol. The van der Waals surface area contributed by atoms with Gasteiger partial charge in [0, 0.05) is 17.9 Å². The van der Waals surface area contributed by atoms with E-state index in [2.05, 4.69) is 5.32 Å². The zero-order chi connectivity index (χ0) is 15.4. The minimum Gasteiger partial charge on any atom is -0.465 e. The number of aryl methyl sites for hydroxylation is 1. The van der Waals surface area contributed by atoms with Crippen molar-refractivity contribution < 1.29 is 14.6 Å². The lowest BCUT2D eigenvalue weighted by Gasteiger charge is -2.26. The highest BCUT2D eigenvalue weighted by Gasteiger charge is 2.19. The second kappa shape index (κ2) is 6.80. The number of ether oxygens (including phenoxy) is 1. The number of aliphatic hydroxyl groups excluding tert-OH is 1. The topological polar surface area (TPSA) is 84.6 Å². The van der Waals surface area contributed by atoms with E-state index < -0.39 is 5.97 Å². The van der Waals surface area contributed by atoms with E-state index in [1.807, 2.05) is 13.0 Å². The van der Waals surface area contributed by atoms with E-state index in [1.165, 1.54) is 7.11 Å². The van der Waals surface area contributed by atoms with E-state index in [0.717, 1.165) is 43.5 Å². The molecule has 0 aromatic heterocycles. The molecule has 1 aromatic carbocycles. The van der Waals surface area contributed by atoms with E-state index in [4.69, 9.17) is 10.5 Å². The molecule has 1 aromatic rings. The Hall–Kier alpha value is -1.75. The molecule has 0 spiro atoms. The average molecular weight is 292 g/mol. The van der Waals surface area contributed by atoms with Gasteiger partial charge in [0.2, 0.25) is 0 Å². The molecule has 0 amide bonds. The van der Waals surface area contributed by atoms with Gasteiger partial charge in [-0.3, -0.25) is 0 Å². The molecule has 1 aliphatic carbocycles. The minimum atomic E-state index is -0.417. The van der Waals surface area contributed by atoms with Crippen molar-refractivity contribution >= 4 is 17.3 Å².